The van der Waals surface area contributed by atoms with E-state index in [4.69, 9.17) is 15.2 Å². The molecule has 0 amide bonds. The zero-order valence-corrected chi connectivity index (χ0v) is 11.7. The van der Waals surface area contributed by atoms with Crippen LogP contribution in [0, 0.1) is 13.8 Å². The molecule has 1 aromatic heterocycles. The van der Waals surface area contributed by atoms with Crippen LogP contribution in [0.3, 0.4) is 0 Å². The molecule has 2 rings (SSSR count). The molecule has 0 spiro atoms. The molecule has 0 saturated carbocycles. The van der Waals surface area contributed by atoms with Gasteiger partial charge >= 0.3 is 0 Å². The molecule has 0 bridgehead atoms. The number of rotatable bonds is 4. The van der Waals surface area contributed by atoms with E-state index in [0.29, 0.717) is 12.3 Å². The molecule has 2 N–H and O–H groups in total. The Kier molecular flexibility index (Phi) is 3.76. The molecule has 0 saturated heterocycles. The van der Waals surface area contributed by atoms with Crippen molar-refractivity contribution in [3.05, 3.63) is 35.2 Å². The third-order valence-corrected chi connectivity index (χ3v) is 3.15. The fourth-order valence-electron chi connectivity index (χ4n) is 1.94. The van der Waals surface area contributed by atoms with Crippen molar-refractivity contribution >= 4 is 0 Å². The molecule has 0 radical (unpaired) electrons. The van der Waals surface area contributed by atoms with Gasteiger partial charge in [-0.25, -0.2) is 0 Å². The number of nitrogens with two attached hydrogens (primary N) is 1. The molecule has 5 nitrogen and oxygen atoms in total. The Labute approximate surface area is 112 Å². The Hall–Kier alpha value is -2.01. The van der Waals surface area contributed by atoms with E-state index >= 15 is 0 Å². The maximum atomic E-state index is 5.98. The summed E-state index contributed by atoms with van der Waals surface area (Å²) in [4.78, 5) is 0. The molecule has 1 heterocycles. The van der Waals surface area contributed by atoms with Gasteiger partial charge in [-0.2, -0.15) is 5.10 Å². The van der Waals surface area contributed by atoms with Gasteiger partial charge in [0.15, 0.2) is 5.75 Å². The Morgan fingerprint density at radius 3 is 2.58 bits per heavy atom. The molecule has 102 valence electrons. The van der Waals surface area contributed by atoms with Gasteiger partial charge in [-0.15, -0.1) is 0 Å². The summed E-state index contributed by atoms with van der Waals surface area (Å²) in [5.41, 5.74) is 8.50. The maximum Gasteiger partial charge on any atom is 0.171 e. The number of aromatic nitrogens is 2. The van der Waals surface area contributed by atoms with E-state index in [-0.39, 0.29) is 0 Å². The zero-order chi connectivity index (χ0) is 14.0. The van der Waals surface area contributed by atoms with Crippen molar-refractivity contribution in [2.75, 3.05) is 7.11 Å². The molecular formula is C14H19N3O2. The first-order valence-corrected chi connectivity index (χ1v) is 6.11. The molecule has 0 atom stereocenters. The van der Waals surface area contributed by atoms with Crippen LogP contribution in [-0.2, 0) is 13.6 Å². The van der Waals surface area contributed by atoms with Crippen molar-refractivity contribution in [3.63, 3.8) is 0 Å². The summed E-state index contributed by atoms with van der Waals surface area (Å²) in [6.45, 7) is 4.31. The first-order valence-electron chi connectivity index (χ1n) is 6.11. The lowest BCUT2D eigenvalue weighted by Crippen LogP contribution is -2.00. The standard InChI is InChI=1S/C14H19N3O2/c1-9-14(10(2)17(3)16-9)19-13-7-12(18-4)6-5-11(13)8-15/h5-7H,8,15H2,1-4H3. The second-order valence-corrected chi connectivity index (χ2v) is 4.40. The molecule has 0 aliphatic heterocycles. The molecule has 2 aromatic rings. The fraction of sp³-hybridized carbons (Fsp3) is 0.357. The topological polar surface area (TPSA) is 62.3 Å². The van der Waals surface area contributed by atoms with E-state index in [9.17, 15) is 0 Å². The summed E-state index contributed by atoms with van der Waals surface area (Å²) in [5.74, 6) is 2.22. The molecule has 0 aliphatic rings. The quantitative estimate of drug-likeness (QED) is 0.917. The Morgan fingerprint density at radius 1 is 1.32 bits per heavy atom. The highest BCUT2D eigenvalue weighted by molar-refractivity contribution is 5.45. The maximum absolute atomic E-state index is 5.98. The Balaban J connectivity index is 2.41. The minimum Gasteiger partial charge on any atom is -0.497 e. The predicted octanol–water partition coefficient (Wildman–Crippen LogP) is 2.30. The normalized spacial score (nSPS) is 10.6. The van der Waals surface area contributed by atoms with E-state index in [1.807, 2.05) is 39.1 Å². The zero-order valence-electron chi connectivity index (χ0n) is 11.7. The molecule has 0 aliphatic carbocycles. The summed E-state index contributed by atoms with van der Waals surface area (Å²) >= 11 is 0. The van der Waals surface area contributed by atoms with Gasteiger partial charge in [0.25, 0.3) is 0 Å². The van der Waals surface area contributed by atoms with Crippen molar-refractivity contribution in [2.45, 2.75) is 20.4 Å². The van der Waals surface area contributed by atoms with Gasteiger partial charge in [-0.3, -0.25) is 4.68 Å². The van der Waals surface area contributed by atoms with Crippen molar-refractivity contribution in [3.8, 4) is 17.2 Å². The van der Waals surface area contributed by atoms with Crippen LogP contribution in [-0.4, -0.2) is 16.9 Å². The summed E-state index contributed by atoms with van der Waals surface area (Å²) < 4.78 is 13.0. The smallest absolute Gasteiger partial charge is 0.171 e. The monoisotopic (exact) mass is 261 g/mol. The van der Waals surface area contributed by atoms with Gasteiger partial charge in [0.2, 0.25) is 0 Å². The van der Waals surface area contributed by atoms with E-state index < -0.39 is 0 Å². The third-order valence-electron chi connectivity index (χ3n) is 3.15. The molecule has 5 heteroatoms. The van der Waals surface area contributed by atoms with Gasteiger partial charge in [0.1, 0.15) is 17.2 Å². The van der Waals surface area contributed by atoms with Gasteiger partial charge in [0.05, 0.1) is 12.8 Å². The number of hydrogen-bond acceptors (Lipinski definition) is 4. The average Bonchev–Trinajstić information content (AvgIpc) is 2.65. The van der Waals surface area contributed by atoms with Gasteiger partial charge in [0, 0.05) is 25.2 Å². The molecular weight excluding hydrogens is 242 g/mol. The van der Waals surface area contributed by atoms with Gasteiger partial charge < -0.3 is 15.2 Å². The number of ether oxygens (including phenoxy) is 2. The van der Waals surface area contributed by atoms with Gasteiger partial charge in [-0.1, -0.05) is 6.07 Å². The first-order chi connectivity index (χ1) is 9.06. The number of hydrogen-bond donors (Lipinski definition) is 1. The lowest BCUT2D eigenvalue weighted by Gasteiger charge is -2.12. The largest absolute Gasteiger partial charge is 0.497 e. The summed E-state index contributed by atoms with van der Waals surface area (Å²) in [6.07, 6.45) is 0. The fourth-order valence-corrected chi connectivity index (χ4v) is 1.94. The lowest BCUT2D eigenvalue weighted by molar-refractivity contribution is 0.407. The second-order valence-electron chi connectivity index (χ2n) is 4.40. The van der Waals surface area contributed by atoms with Crippen LogP contribution in [0.1, 0.15) is 17.0 Å². The molecule has 0 fully saturated rings. The predicted molar refractivity (Wildman–Crippen MR) is 73.6 cm³/mol. The summed E-state index contributed by atoms with van der Waals surface area (Å²) in [7, 11) is 3.52. The summed E-state index contributed by atoms with van der Waals surface area (Å²) in [5, 5.41) is 4.33. The van der Waals surface area contributed by atoms with E-state index in [1.54, 1.807) is 11.8 Å². The Bertz CT molecular complexity index is 591. The van der Waals surface area contributed by atoms with Crippen molar-refractivity contribution in [1.82, 2.24) is 9.78 Å². The van der Waals surface area contributed by atoms with Crippen LogP contribution in [0.4, 0.5) is 0 Å². The van der Waals surface area contributed by atoms with Crippen LogP contribution in [0.2, 0.25) is 0 Å². The summed E-state index contributed by atoms with van der Waals surface area (Å²) in [6, 6.07) is 5.63. The highest BCUT2D eigenvalue weighted by Gasteiger charge is 2.14. The highest BCUT2D eigenvalue weighted by Crippen LogP contribution is 2.32. The Morgan fingerprint density at radius 2 is 2.05 bits per heavy atom. The number of benzene rings is 1. The second kappa shape index (κ2) is 5.32. The van der Waals surface area contributed by atoms with E-state index in [1.165, 1.54) is 0 Å². The highest BCUT2D eigenvalue weighted by atomic mass is 16.5. The van der Waals surface area contributed by atoms with Crippen molar-refractivity contribution in [1.29, 1.82) is 0 Å². The minimum atomic E-state index is 0.414. The molecule has 1 aromatic carbocycles. The number of methoxy groups -OCH3 is 1. The van der Waals surface area contributed by atoms with Crippen molar-refractivity contribution in [2.24, 2.45) is 12.8 Å². The third kappa shape index (κ3) is 2.56. The van der Waals surface area contributed by atoms with Crippen LogP contribution in [0.5, 0.6) is 17.2 Å². The van der Waals surface area contributed by atoms with Crippen LogP contribution < -0.4 is 15.2 Å². The van der Waals surface area contributed by atoms with Crippen LogP contribution >= 0.6 is 0 Å². The van der Waals surface area contributed by atoms with Crippen LogP contribution in [0.15, 0.2) is 18.2 Å². The lowest BCUT2D eigenvalue weighted by atomic mass is 10.2. The molecule has 19 heavy (non-hydrogen) atoms. The minimum absolute atomic E-state index is 0.414. The average molecular weight is 261 g/mol. The van der Waals surface area contributed by atoms with Crippen molar-refractivity contribution < 1.29 is 9.47 Å². The first kappa shape index (κ1) is 13.4. The molecule has 0 unspecified atom stereocenters. The SMILES string of the molecule is COc1ccc(CN)c(Oc2c(C)nn(C)c2C)c1. The van der Waals surface area contributed by atoms with E-state index in [2.05, 4.69) is 5.10 Å². The number of aryl methyl sites for hydroxylation is 2. The van der Waals surface area contributed by atoms with Gasteiger partial charge in [-0.05, 0) is 19.9 Å². The van der Waals surface area contributed by atoms with Crippen LogP contribution in [0.25, 0.3) is 0 Å². The van der Waals surface area contributed by atoms with E-state index in [0.717, 1.165) is 28.5 Å². The number of nitrogens with zero attached hydrogens (tertiary/aromatic N) is 2.